The predicted octanol–water partition coefficient (Wildman–Crippen LogP) is 6.29. The van der Waals surface area contributed by atoms with Gasteiger partial charge in [-0.3, -0.25) is 14.6 Å². The smallest absolute Gasteiger partial charge is 0.261 e. The van der Waals surface area contributed by atoms with Crippen LogP contribution >= 0.6 is 11.3 Å². The van der Waals surface area contributed by atoms with Crippen molar-refractivity contribution in [1.29, 1.82) is 0 Å². The maximum Gasteiger partial charge on any atom is 0.261 e. The van der Waals surface area contributed by atoms with E-state index in [1.165, 1.54) is 23.5 Å². The molecule has 5 heterocycles. The Labute approximate surface area is 268 Å². The molecule has 1 saturated heterocycles. The Hall–Kier alpha value is -4.74. The highest BCUT2D eigenvalue weighted by molar-refractivity contribution is 7.17. The van der Waals surface area contributed by atoms with Gasteiger partial charge in [0.25, 0.3) is 11.8 Å². The number of nitrogens with zero attached hydrogens (tertiary/aromatic N) is 4. The lowest BCUT2D eigenvalue weighted by Gasteiger charge is -2.16. The highest BCUT2D eigenvalue weighted by Gasteiger charge is 2.45. The largest absolute Gasteiger partial charge is 0.421 e. The number of rotatable bonds is 7. The molecule has 1 fully saturated rings. The second kappa shape index (κ2) is 11.3. The van der Waals surface area contributed by atoms with Crippen molar-refractivity contribution >= 4 is 23.2 Å². The van der Waals surface area contributed by atoms with Gasteiger partial charge >= 0.3 is 0 Å². The van der Waals surface area contributed by atoms with Crippen molar-refractivity contribution in [2.24, 2.45) is 0 Å². The summed E-state index contributed by atoms with van der Waals surface area (Å²) < 4.78 is 19.6. The van der Waals surface area contributed by atoms with Crippen LogP contribution in [-0.2, 0) is 12.8 Å². The van der Waals surface area contributed by atoms with Crippen molar-refractivity contribution in [2.75, 3.05) is 6.54 Å². The van der Waals surface area contributed by atoms with E-state index in [1.807, 2.05) is 35.2 Å². The van der Waals surface area contributed by atoms with Gasteiger partial charge < -0.3 is 19.7 Å². The Kier molecular flexibility index (Phi) is 7.02. The molecule has 0 bridgehead atoms. The van der Waals surface area contributed by atoms with Crippen LogP contribution < -0.4 is 5.32 Å². The van der Waals surface area contributed by atoms with Crippen LogP contribution in [-0.4, -0.2) is 43.5 Å². The van der Waals surface area contributed by atoms with Gasteiger partial charge in [0.15, 0.2) is 0 Å². The van der Waals surface area contributed by atoms with E-state index < -0.39 is 6.10 Å². The van der Waals surface area contributed by atoms with E-state index in [2.05, 4.69) is 15.5 Å². The van der Waals surface area contributed by atoms with Crippen LogP contribution in [0.2, 0.25) is 0 Å². The van der Waals surface area contributed by atoms with Gasteiger partial charge in [-0.25, -0.2) is 4.39 Å². The van der Waals surface area contributed by atoms with Crippen LogP contribution in [0.4, 0.5) is 4.39 Å². The number of carbonyl (C=O) groups excluding carboxylic acids is 2. The Balaban J connectivity index is 1.22. The molecule has 46 heavy (non-hydrogen) atoms. The average Bonchev–Trinajstić information content (AvgIpc) is 3.89. The number of amides is 2. The Bertz CT molecular complexity index is 2000. The highest BCUT2D eigenvalue weighted by Crippen LogP contribution is 2.49. The van der Waals surface area contributed by atoms with Crippen LogP contribution in [0.1, 0.15) is 91.4 Å². The maximum absolute atomic E-state index is 14.0. The van der Waals surface area contributed by atoms with Gasteiger partial charge in [-0.1, -0.05) is 36.4 Å². The molecule has 232 valence electrons. The summed E-state index contributed by atoms with van der Waals surface area (Å²) in [4.78, 5) is 35.8. The third-order valence-electron chi connectivity index (χ3n) is 9.22. The molecular weight excluding hydrogens is 605 g/mol. The lowest BCUT2D eigenvalue weighted by atomic mass is 9.93. The number of fused-ring (bicyclic) bond motifs is 4. The van der Waals surface area contributed by atoms with Gasteiger partial charge in [0.05, 0.1) is 45.6 Å². The molecule has 9 nitrogen and oxygen atoms in total. The van der Waals surface area contributed by atoms with Crippen molar-refractivity contribution in [3.63, 3.8) is 0 Å². The Morgan fingerprint density at radius 3 is 2.63 bits per heavy atom. The second-order valence-corrected chi connectivity index (χ2v) is 13.1. The first-order chi connectivity index (χ1) is 22.4. The number of aliphatic hydroxyl groups is 1. The number of thiophene rings is 1. The van der Waals surface area contributed by atoms with Crippen LogP contribution in [0.15, 0.2) is 65.1 Å². The molecule has 11 heteroatoms. The first-order valence-electron chi connectivity index (χ1n) is 15.5. The Morgan fingerprint density at radius 1 is 1.04 bits per heavy atom. The summed E-state index contributed by atoms with van der Waals surface area (Å²) >= 11 is 1.29. The lowest BCUT2D eigenvalue weighted by molar-refractivity contribution is 0.0775. The van der Waals surface area contributed by atoms with E-state index >= 15 is 0 Å². The SMILES string of the molecule is Cc1nnc(-c2c(CCc3ccc(F)cc3)nc3c(c2-c2ccc(C(=O)N[C@@H]4C[C@H](O)c5ccccc54)s2)C(=O)N2CCC[C@@H]32)o1. The van der Waals surface area contributed by atoms with E-state index in [0.717, 1.165) is 40.1 Å². The van der Waals surface area contributed by atoms with Gasteiger partial charge in [0.2, 0.25) is 11.8 Å². The molecule has 0 saturated carbocycles. The molecule has 2 amide bonds. The number of aliphatic hydroxyl groups excluding tert-OH is 1. The standard InChI is InChI=1S/C35H30FN5O4S/c1-18-39-40-34(45-18)29-23(13-10-19-8-11-20(36)12-9-19)37-32-25-7-4-16-41(25)35(44)31(32)30(29)27-14-15-28(46-27)33(43)38-24-17-26(42)22-6-3-2-5-21(22)24/h2-3,5-6,8-9,11-12,14-15,24-26,42H,4,7,10,13,16-17H2,1H3,(H,38,43)/t24-,25+,26+/m1/s1. The molecule has 8 rings (SSSR count). The van der Waals surface area contributed by atoms with Gasteiger partial charge in [-0.15, -0.1) is 21.5 Å². The number of pyridine rings is 1. The molecule has 3 aliphatic rings. The van der Waals surface area contributed by atoms with Gasteiger partial charge in [-0.05, 0) is 66.6 Å². The molecule has 3 aromatic heterocycles. The van der Waals surface area contributed by atoms with Gasteiger partial charge in [0.1, 0.15) is 5.82 Å². The predicted molar refractivity (Wildman–Crippen MR) is 169 cm³/mol. The van der Waals surface area contributed by atoms with E-state index in [0.29, 0.717) is 59.0 Å². The number of halogens is 1. The van der Waals surface area contributed by atoms with E-state index in [1.54, 1.807) is 25.1 Å². The van der Waals surface area contributed by atoms with Crippen molar-refractivity contribution in [3.8, 4) is 21.9 Å². The number of aryl methyl sites for hydroxylation is 3. The zero-order chi connectivity index (χ0) is 31.5. The van der Waals surface area contributed by atoms with Gasteiger partial charge in [-0.2, -0.15) is 0 Å². The third-order valence-corrected chi connectivity index (χ3v) is 10.3. The number of hydrogen-bond donors (Lipinski definition) is 2. The zero-order valence-corrected chi connectivity index (χ0v) is 25.8. The van der Waals surface area contributed by atoms with Crippen LogP contribution in [0.3, 0.4) is 0 Å². The van der Waals surface area contributed by atoms with E-state index in [-0.39, 0.29) is 35.6 Å². The minimum atomic E-state index is -0.631. The second-order valence-electron chi connectivity index (χ2n) is 12.0. The number of hydrogen-bond acceptors (Lipinski definition) is 8. The molecule has 0 unspecified atom stereocenters. The number of benzene rings is 2. The molecule has 5 aromatic rings. The fraction of sp³-hybridized carbons (Fsp3) is 0.286. The average molecular weight is 636 g/mol. The maximum atomic E-state index is 14.0. The van der Waals surface area contributed by atoms with Gasteiger partial charge in [0, 0.05) is 30.3 Å². The number of nitrogens with one attached hydrogen (secondary N) is 1. The zero-order valence-electron chi connectivity index (χ0n) is 25.0. The molecule has 0 spiro atoms. The summed E-state index contributed by atoms with van der Waals surface area (Å²) in [7, 11) is 0. The number of carbonyl (C=O) groups is 2. The lowest BCUT2D eigenvalue weighted by Crippen LogP contribution is -2.26. The normalized spacial score (nSPS) is 19.8. The molecule has 2 aromatic carbocycles. The minimum Gasteiger partial charge on any atom is -0.421 e. The summed E-state index contributed by atoms with van der Waals surface area (Å²) in [6.45, 7) is 2.37. The van der Waals surface area contributed by atoms with Crippen LogP contribution in [0.25, 0.3) is 21.9 Å². The highest BCUT2D eigenvalue weighted by atomic mass is 32.1. The fourth-order valence-corrected chi connectivity index (χ4v) is 8.06. The quantitative estimate of drug-likeness (QED) is 0.216. The summed E-state index contributed by atoms with van der Waals surface area (Å²) in [6, 6.07) is 17.2. The molecular formula is C35H30FN5O4S. The van der Waals surface area contributed by atoms with Crippen molar-refractivity contribution in [2.45, 2.75) is 57.2 Å². The molecule has 3 atom stereocenters. The minimum absolute atomic E-state index is 0.0847. The van der Waals surface area contributed by atoms with Crippen molar-refractivity contribution < 1.29 is 23.5 Å². The Morgan fingerprint density at radius 2 is 1.85 bits per heavy atom. The van der Waals surface area contributed by atoms with E-state index in [9.17, 15) is 19.1 Å². The third kappa shape index (κ3) is 4.81. The van der Waals surface area contributed by atoms with E-state index in [4.69, 9.17) is 9.40 Å². The first-order valence-corrected chi connectivity index (χ1v) is 16.3. The summed E-state index contributed by atoms with van der Waals surface area (Å²) in [5.74, 6) is -0.00155. The monoisotopic (exact) mass is 635 g/mol. The summed E-state index contributed by atoms with van der Waals surface area (Å²) in [6.07, 6.45) is 2.59. The molecule has 2 N–H and O–H groups in total. The topological polar surface area (TPSA) is 121 Å². The summed E-state index contributed by atoms with van der Waals surface area (Å²) in [5, 5.41) is 22.1. The van der Waals surface area contributed by atoms with Crippen molar-refractivity contribution in [1.82, 2.24) is 25.4 Å². The van der Waals surface area contributed by atoms with Crippen LogP contribution in [0.5, 0.6) is 0 Å². The fourth-order valence-electron chi connectivity index (χ4n) is 7.09. The number of aromatic nitrogens is 3. The molecule has 2 aliphatic heterocycles. The molecule has 0 radical (unpaired) electrons. The van der Waals surface area contributed by atoms with Crippen LogP contribution in [0, 0.1) is 12.7 Å². The summed E-state index contributed by atoms with van der Waals surface area (Å²) in [5.41, 5.74) is 5.89. The first kappa shape index (κ1) is 28.7. The molecule has 1 aliphatic carbocycles. The van der Waals surface area contributed by atoms with Crippen molar-refractivity contribution in [3.05, 3.63) is 111 Å².